The molecule has 21 heavy (non-hydrogen) atoms. The number of nitrogens with two attached hydrogens (primary N) is 1. The molecule has 1 aliphatic rings. The molecule has 2 aromatic rings. The molecule has 3 N–H and O–H groups in total. The van der Waals surface area contributed by atoms with Crippen LogP contribution in [-0.2, 0) is 11.2 Å². The molecule has 1 heterocycles. The summed E-state index contributed by atoms with van der Waals surface area (Å²) < 4.78 is 0. The molecule has 0 aliphatic carbocycles. The summed E-state index contributed by atoms with van der Waals surface area (Å²) in [6, 6.07) is 14.3. The molecule has 1 aliphatic heterocycles. The van der Waals surface area contributed by atoms with E-state index in [-0.39, 0.29) is 17.9 Å². The third-order valence-electron chi connectivity index (χ3n) is 4.15. The molecule has 0 aromatic heterocycles. The van der Waals surface area contributed by atoms with Crippen molar-refractivity contribution in [2.45, 2.75) is 32.2 Å². The van der Waals surface area contributed by atoms with E-state index in [1.165, 1.54) is 5.56 Å². The van der Waals surface area contributed by atoms with Crippen LogP contribution in [0.15, 0.2) is 42.5 Å². The first-order valence-corrected chi connectivity index (χ1v) is 7.31. The number of nitrogens with one attached hydrogen (secondary N) is 1. The molecule has 0 fully saturated rings. The van der Waals surface area contributed by atoms with Crippen molar-refractivity contribution in [3.05, 3.63) is 64.7 Å². The highest BCUT2D eigenvalue weighted by Crippen LogP contribution is 2.38. The first-order chi connectivity index (χ1) is 10.1. The Balaban J connectivity index is 1.96. The Morgan fingerprint density at radius 1 is 1.24 bits per heavy atom. The predicted molar refractivity (Wildman–Crippen MR) is 85.3 cm³/mol. The van der Waals surface area contributed by atoms with E-state index < -0.39 is 0 Å². The number of carbonyl (C=O) groups is 1. The lowest BCUT2D eigenvalue weighted by atomic mass is 9.92. The molecule has 108 valence electrons. The smallest absolute Gasteiger partial charge is 0.231 e. The number of anilines is 1. The summed E-state index contributed by atoms with van der Waals surface area (Å²) in [6.45, 7) is 3.99. The van der Waals surface area contributed by atoms with Gasteiger partial charge in [-0.15, -0.1) is 0 Å². The monoisotopic (exact) mass is 280 g/mol. The van der Waals surface area contributed by atoms with E-state index in [4.69, 9.17) is 5.73 Å². The second kappa shape index (κ2) is 5.34. The molecule has 0 saturated carbocycles. The molecular formula is C18H20N2O. The summed E-state index contributed by atoms with van der Waals surface area (Å²) in [5.41, 5.74) is 11.8. The van der Waals surface area contributed by atoms with Gasteiger partial charge < -0.3 is 11.1 Å². The van der Waals surface area contributed by atoms with E-state index in [0.29, 0.717) is 0 Å². The number of benzene rings is 2. The van der Waals surface area contributed by atoms with Gasteiger partial charge >= 0.3 is 0 Å². The zero-order valence-corrected chi connectivity index (χ0v) is 12.4. The van der Waals surface area contributed by atoms with Crippen molar-refractivity contribution in [1.29, 1.82) is 0 Å². The van der Waals surface area contributed by atoms with Gasteiger partial charge in [0.1, 0.15) is 0 Å². The summed E-state index contributed by atoms with van der Waals surface area (Å²) in [5, 5.41) is 2.99. The van der Waals surface area contributed by atoms with Crippen molar-refractivity contribution in [1.82, 2.24) is 0 Å². The van der Waals surface area contributed by atoms with Crippen molar-refractivity contribution in [3.8, 4) is 0 Å². The predicted octanol–water partition coefficient (Wildman–Crippen LogP) is 3.29. The van der Waals surface area contributed by atoms with E-state index in [1.54, 1.807) is 0 Å². The van der Waals surface area contributed by atoms with Crippen LogP contribution in [0, 0.1) is 6.92 Å². The highest BCUT2D eigenvalue weighted by Gasteiger charge is 2.30. The number of aryl methyl sites for hydroxylation is 1. The molecule has 1 amide bonds. The lowest BCUT2D eigenvalue weighted by Crippen LogP contribution is -2.16. The Kier molecular flexibility index (Phi) is 3.52. The summed E-state index contributed by atoms with van der Waals surface area (Å²) in [5.74, 6) is -0.0358. The van der Waals surface area contributed by atoms with E-state index in [1.807, 2.05) is 25.1 Å². The summed E-state index contributed by atoms with van der Waals surface area (Å²) in [6.07, 6.45) is 0.765. The standard InChI is InChI=1S/C18H20N2O/c1-11-8-14-12(2)18(21)20-17(14)15(9-11)16(19)10-13-6-4-3-5-7-13/h3-9,12,16H,10,19H2,1-2H3,(H,20,21). The molecule has 0 spiro atoms. The third-order valence-corrected chi connectivity index (χ3v) is 4.15. The largest absolute Gasteiger partial charge is 0.325 e. The maximum absolute atomic E-state index is 11.9. The molecule has 0 radical (unpaired) electrons. The molecule has 0 bridgehead atoms. The quantitative estimate of drug-likeness (QED) is 0.906. The van der Waals surface area contributed by atoms with Gasteiger partial charge in [0, 0.05) is 11.7 Å². The van der Waals surface area contributed by atoms with Gasteiger partial charge in [-0.1, -0.05) is 48.0 Å². The average molecular weight is 280 g/mol. The second-order valence-electron chi connectivity index (χ2n) is 5.83. The molecule has 3 heteroatoms. The molecule has 3 nitrogen and oxygen atoms in total. The van der Waals surface area contributed by atoms with Crippen molar-refractivity contribution in [2.24, 2.45) is 5.73 Å². The van der Waals surface area contributed by atoms with E-state index in [2.05, 4.69) is 36.5 Å². The van der Waals surface area contributed by atoms with Crippen LogP contribution in [0.5, 0.6) is 0 Å². The number of hydrogen-bond donors (Lipinski definition) is 2. The summed E-state index contributed by atoms with van der Waals surface area (Å²) >= 11 is 0. The first kappa shape index (κ1) is 13.8. The summed E-state index contributed by atoms with van der Waals surface area (Å²) in [4.78, 5) is 11.9. The van der Waals surface area contributed by atoms with Gasteiger partial charge in [0.25, 0.3) is 0 Å². The Hall–Kier alpha value is -2.13. The van der Waals surface area contributed by atoms with Crippen LogP contribution in [0.25, 0.3) is 0 Å². The van der Waals surface area contributed by atoms with E-state index >= 15 is 0 Å². The van der Waals surface area contributed by atoms with Crippen LogP contribution in [0.1, 0.15) is 41.1 Å². The van der Waals surface area contributed by atoms with Crippen LogP contribution < -0.4 is 11.1 Å². The third kappa shape index (κ3) is 2.57. The van der Waals surface area contributed by atoms with Gasteiger partial charge in [-0.25, -0.2) is 0 Å². The highest BCUT2D eigenvalue weighted by atomic mass is 16.2. The van der Waals surface area contributed by atoms with Gasteiger partial charge in [-0.3, -0.25) is 4.79 Å². The normalized spacial score (nSPS) is 18.2. The lowest BCUT2D eigenvalue weighted by Gasteiger charge is -2.17. The second-order valence-corrected chi connectivity index (χ2v) is 5.83. The minimum Gasteiger partial charge on any atom is -0.325 e. The lowest BCUT2D eigenvalue weighted by molar-refractivity contribution is -0.116. The first-order valence-electron chi connectivity index (χ1n) is 7.31. The Morgan fingerprint density at radius 3 is 2.67 bits per heavy atom. The molecule has 3 rings (SSSR count). The fourth-order valence-corrected chi connectivity index (χ4v) is 2.97. The molecule has 2 aromatic carbocycles. The molecule has 0 saturated heterocycles. The maximum Gasteiger partial charge on any atom is 0.231 e. The van der Waals surface area contributed by atoms with E-state index in [9.17, 15) is 4.79 Å². The fourth-order valence-electron chi connectivity index (χ4n) is 2.97. The maximum atomic E-state index is 11.9. The van der Waals surface area contributed by atoms with Crippen molar-refractivity contribution in [3.63, 3.8) is 0 Å². The Bertz CT molecular complexity index is 679. The molecular weight excluding hydrogens is 260 g/mol. The highest BCUT2D eigenvalue weighted by molar-refractivity contribution is 6.03. The van der Waals surface area contributed by atoms with Crippen LogP contribution in [-0.4, -0.2) is 5.91 Å². The van der Waals surface area contributed by atoms with Gasteiger partial charge in [0.15, 0.2) is 0 Å². The average Bonchev–Trinajstić information content (AvgIpc) is 2.75. The topological polar surface area (TPSA) is 55.1 Å². The van der Waals surface area contributed by atoms with Crippen molar-refractivity contribution < 1.29 is 4.79 Å². The van der Waals surface area contributed by atoms with Crippen LogP contribution in [0.4, 0.5) is 5.69 Å². The number of carbonyl (C=O) groups excluding carboxylic acids is 1. The van der Waals surface area contributed by atoms with Gasteiger partial charge in [-0.05, 0) is 37.0 Å². The number of hydrogen-bond acceptors (Lipinski definition) is 2. The minimum atomic E-state index is -0.119. The van der Waals surface area contributed by atoms with Crippen molar-refractivity contribution in [2.75, 3.05) is 5.32 Å². The summed E-state index contributed by atoms with van der Waals surface area (Å²) in [7, 11) is 0. The number of fused-ring (bicyclic) bond motifs is 1. The molecule has 2 atom stereocenters. The molecule has 2 unspecified atom stereocenters. The number of rotatable bonds is 3. The van der Waals surface area contributed by atoms with Gasteiger partial charge in [-0.2, -0.15) is 0 Å². The van der Waals surface area contributed by atoms with Gasteiger partial charge in [0.2, 0.25) is 5.91 Å². The van der Waals surface area contributed by atoms with Gasteiger partial charge in [0.05, 0.1) is 5.92 Å². The number of amides is 1. The minimum absolute atomic E-state index is 0.0590. The van der Waals surface area contributed by atoms with Crippen LogP contribution in [0.3, 0.4) is 0 Å². The Morgan fingerprint density at radius 2 is 1.95 bits per heavy atom. The SMILES string of the molecule is Cc1cc(C(N)Cc2ccccc2)c2c(c1)C(C)C(=O)N2. The zero-order valence-electron chi connectivity index (χ0n) is 12.4. The van der Waals surface area contributed by atoms with Crippen molar-refractivity contribution >= 4 is 11.6 Å². The van der Waals surface area contributed by atoms with Crippen LogP contribution in [0.2, 0.25) is 0 Å². The van der Waals surface area contributed by atoms with Crippen LogP contribution >= 0.6 is 0 Å². The zero-order chi connectivity index (χ0) is 15.0. The van der Waals surface area contributed by atoms with E-state index in [0.717, 1.165) is 28.8 Å². The Labute approximate surface area is 125 Å². The fraction of sp³-hybridized carbons (Fsp3) is 0.278.